The molecule has 0 fully saturated rings. The lowest BCUT2D eigenvalue weighted by Gasteiger charge is -2.10. The summed E-state index contributed by atoms with van der Waals surface area (Å²) < 4.78 is 7.09. The second-order valence-electron chi connectivity index (χ2n) is 6.47. The topological polar surface area (TPSA) is 106 Å². The monoisotopic (exact) mass is 390 g/mol. The first kappa shape index (κ1) is 18.4. The van der Waals surface area contributed by atoms with E-state index in [1.165, 1.54) is 20.1 Å². The first-order chi connectivity index (χ1) is 14.0. The van der Waals surface area contributed by atoms with Crippen LogP contribution in [-0.2, 0) is 6.54 Å². The fourth-order valence-electron chi connectivity index (χ4n) is 3.40. The van der Waals surface area contributed by atoms with Crippen molar-refractivity contribution < 1.29 is 19.4 Å². The van der Waals surface area contributed by atoms with Gasteiger partial charge >= 0.3 is 5.97 Å². The summed E-state index contributed by atoms with van der Waals surface area (Å²) >= 11 is 0. The second-order valence-corrected chi connectivity index (χ2v) is 6.47. The molecule has 4 rings (SSSR count). The molecule has 0 aliphatic rings. The molecule has 29 heavy (non-hydrogen) atoms. The van der Waals surface area contributed by atoms with Crippen LogP contribution in [0.1, 0.15) is 33.3 Å². The molecule has 2 N–H and O–H groups in total. The number of carbonyl (C=O) groups is 2. The molecule has 0 unspecified atom stereocenters. The summed E-state index contributed by atoms with van der Waals surface area (Å²) in [4.78, 5) is 32.8. The van der Waals surface area contributed by atoms with Crippen LogP contribution in [0.2, 0.25) is 0 Å². The predicted octanol–water partition coefficient (Wildman–Crippen LogP) is 3.40. The Labute approximate surface area is 165 Å². The summed E-state index contributed by atoms with van der Waals surface area (Å²) in [5.74, 6) is -0.646. The lowest BCUT2D eigenvalue weighted by molar-refractivity contribution is 0.0690. The molecule has 0 radical (unpaired) electrons. The molecular weight excluding hydrogens is 372 g/mol. The number of nitrogens with one attached hydrogen (secondary N) is 1. The van der Waals surface area contributed by atoms with Crippen molar-refractivity contribution in [3.05, 3.63) is 65.5 Å². The molecule has 3 aromatic heterocycles. The number of anilines is 1. The summed E-state index contributed by atoms with van der Waals surface area (Å²) in [6.07, 6.45) is 1.57. The number of carboxylic acids is 1. The van der Waals surface area contributed by atoms with Gasteiger partial charge in [0, 0.05) is 12.7 Å². The van der Waals surface area contributed by atoms with E-state index in [9.17, 15) is 14.7 Å². The SMILES string of the molecule is COc1ccnc2c1c(C(C)=O)c1cc(C(=O)O)nc(NCc3ccccc3)n12. The third-order valence-electron chi connectivity index (χ3n) is 4.65. The molecule has 0 saturated heterocycles. The van der Waals surface area contributed by atoms with Crippen LogP contribution in [0.5, 0.6) is 5.75 Å². The number of rotatable bonds is 6. The number of nitrogens with zero attached hydrogens (tertiary/aromatic N) is 3. The largest absolute Gasteiger partial charge is 0.496 e. The van der Waals surface area contributed by atoms with Crippen LogP contribution in [-0.4, -0.2) is 38.3 Å². The molecule has 146 valence electrons. The molecule has 0 amide bonds. The minimum absolute atomic E-state index is 0.169. The van der Waals surface area contributed by atoms with E-state index in [0.717, 1.165) is 5.56 Å². The average Bonchev–Trinajstić information content (AvgIpc) is 3.07. The Morgan fingerprint density at radius 2 is 1.97 bits per heavy atom. The van der Waals surface area contributed by atoms with Crippen molar-refractivity contribution in [3.8, 4) is 5.75 Å². The van der Waals surface area contributed by atoms with Gasteiger partial charge in [0.1, 0.15) is 5.75 Å². The van der Waals surface area contributed by atoms with Crippen LogP contribution in [0, 0.1) is 0 Å². The fourth-order valence-corrected chi connectivity index (χ4v) is 3.40. The van der Waals surface area contributed by atoms with Gasteiger partial charge in [-0.25, -0.2) is 14.8 Å². The van der Waals surface area contributed by atoms with E-state index in [0.29, 0.717) is 34.4 Å². The van der Waals surface area contributed by atoms with E-state index in [1.54, 1.807) is 16.7 Å². The normalized spacial score (nSPS) is 11.0. The van der Waals surface area contributed by atoms with Gasteiger partial charge < -0.3 is 15.2 Å². The Hall–Kier alpha value is -3.94. The van der Waals surface area contributed by atoms with Gasteiger partial charge in [0.2, 0.25) is 5.95 Å². The van der Waals surface area contributed by atoms with E-state index < -0.39 is 5.97 Å². The van der Waals surface area contributed by atoms with Crippen molar-refractivity contribution in [2.75, 3.05) is 12.4 Å². The van der Waals surface area contributed by atoms with Crippen molar-refractivity contribution >= 4 is 34.3 Å². The van der Waals surface area contributed by atoms with Gasteiger partial charge in [-0.3, -0.25) is 9.20 Å². The zero-order valence-electron chi connectivity index (χ0n) is 15.8. The van der Waals surface area contributed by atoms with Gasteiger partial charge in [0.25, 0.3) is 0 Å². The first-order valence-electron chi connectivity index (χ1n) is 8.91. The molecule has 8 heteroatoms. The number of aromatic carboxylic acids is 1. The highest BCUT2D eigenvalue weighted by atomic mass is 16.5. The molecule has 0 spiro atoms. The van der Waals surface area contributed by atoms with Crippen molar-refractivity contribution in [1.29, 1.82) is 0 Å². The summed E-state index contributed by atoms with van der Waals surface area (Å²) in [7, 11) is 1.51. The number of ether oxygens (including phenoxy) is 1. The molecule has 0 saturated carbocycles. The Balaban J connectivity index is 2.02. The van der Waals surface area contributed by atoms with E-state index >= 15 is 0 Å². The summed E-state index contributed by atoms with van der Waals surface area (Å²) in [6, 6.07) is 12.7. The average molecular weight is 390 g/mol. The smallest absolute Gasteiger partial charge is 0.354 e. The van der Waals surface area contributed by atoms with E-state index in [1.807, 2.05) is 30.3 Å². The minimum atomic E-state index is -1.19. The number of aromatic nitrogens is 3. The molecule has 0 aliphatic carbocycles. The molecule has 8 nitrogen and oxygen atoms in total. The third kappa shape index (κ3) is 3.14. The van der Waals surface area contributed by atoms with Crippen LogP contribution in [0.3, 0.4) is 0 Å². The Morgan fingerprint density at radius 1 is 1.21 bits per heavy atom. The van der Waals surface area contributed by atoms with Crippen LogP contribution in [0.15, 0.2) is 48.7 Å². The maximum absolute atomic E-state index is 12.5. The van der Waals surface area contributed by atoms with Crippen LogP contribution < -0.4 is 10.1 Å². The van der Waals surface area contributed by atoms with Gasteiger partial charge in [-0.2, -0.15) is 0 Å². The molecular formula is C21H18N4O4. The van der Waals surface area contributed by atoms with Crippen LogP contribution in [0.25, 0.3) is 16.6 Å². The Bertz CT molecular complexity index is 1250. The molecule has 0 atom stereocenters. The van der Waals surface area contributed by atoms with E-state index in [-0.39, 0.29) is 17.4 Å². The van der Waals surface area contributed by atoms with Gasteiger partial charge in [0.15, 0.2) is 17.1 Å². The van der Waals surface area contributed by atoms with Gasteiger partial charge in [-0.1, -0.05) is 30.3 Å². The zero-order chi connectivity index (χ0) is 20.5. The molecule has 1 aromatic carbocycles. The predicted molar refractivity (Wildman–Crippen MR) is 108 cm³/mol. The van der Waals surface area contributed by atoms with Crippen LogP contribution >= 0.6 is 0 Å². The zero-order valence-corrected chi connectivity index (χ0v) is 15.8. The summed E-state index contributed by atoms with van der Waals surface area (Å²) in [6.45, 7) is 1.85. The number of ketones is 1. The Morgan fingerprint density at radius 3 is 2.62 bits per heavy atom. The minimum Gasteiger partial charge on any atom is -0.496 e. The maximum Gasteiger partial charge on any atom is 0.354 e. The first-order valence-corrected chi connectivity index (χ1v) is 8.91. The molecule has 3 heterocycles. The number of hydrogen-bond acceptors (Lipinski definition) is 6. The van der Waals surface area contributed by atoms with Gasteiger partial charge in [-0.05, 0) is 24.6 Å². The van der Waals surface area contributed by atoms with Gasteiger partial charge in [-0.15, -0.1) is 0 Å². The number of Topliss-reactive ketones (excluding diaryl/α,β-unsaturated/α-hetero) is 1. The van der Waals surface area contributed by atoms with Crippen LogP contribution in [0.4, 0.5) is 5.95 Å². The lowest BCUT2D eigenvalue weighted by Crippen LogP contribution is -2.11. The number of hydrogen-bond donors (Lipinski definition) is 2. The van der Waals surface area contributed by atoms with Crippen molar-refractivity contribution in [3.63, 3.8) is 0 Å². The summed E-state index contributed by atoms with van der Waals surface area (Å²) in [5.41, 5.74) is 2.05. The van der Waals surface area contributed by atoms with Crippen molar-refractivity contribution in [1.82, 2.24) is 14.4 Å². The molecule has 4 aromatic rings. The van der Waals surface area contributed by atoms with Crippen molar-refractivity contribution in [2.45, 2.75) is 13.5 Å². The third-order valence-corrected chi connectivity index (χ3v) is 4.65. The number of carboxylic acid groups (broad SMARTS) is 1. The number of pyridine rings is 1. The standard InChI is InChI=1S/C21H18N4O4/c1-12(26)17-15-10-14(20(27)28)24-21(23-11-13-6-4-3-5-7-13)25(15)19-18(17)16(29-2)8-9-22-19/h3-10H,11H2,1-2H3,(H,23,24)(H,27,28). The molecule has 0 bridgehead atoms. The lowest BCUT2D eigenvalue weighted by atomic mass is 10.1. The van der Waals surface area contributed by atoms with E-state index in [2.05, 4.69) is 15.3 Å². The highest BCUT2D eigenvalue weighted by molar-refractivity contribution is 6.15. The number of carbonyl (C=O) groups excluding carboxylic acids is 1. The summed E-state index contributed by atoms with van der Waals surface area (Å²) in [5, 5.41) is 13.2. The quantitative estimate of drug-likeness (QED) is 0.486. The molecule has 0 aliphatic heterocycles. The van der Waals surface area contributed by atoms with E-state index in [4.69, 9.17) is 4.74 Å². The second kappa shape index (κ2) is 7.23. The number of fused-ring (bicyclic) bond motifs is 3. The Kier molecular flexibility index (Phi) is 4.59. The number of methoxy groups -OCH3 is 1. The highest BCUT2D eigenvalue weighted by Crippen LogP contribution is 2.35. The van der Waals surface area contributed by atoms with Crippen molar-refractivity contribution in [2.24, 2.45) is 0 Å². The fraction of sp³-hybridized carbons (Fsp3) is 0.143. The highest BCUT2D eigenvalue weighted by Gasteiger charge is 2.24. The number of benzene rings is 1. The van der Waals surface area contributed by atoms with Gasteiger partial charge in [0.05, 0.1) is 23.6 Å². The maximum atomic E-state index is 12.5.